The maximum absolute atomic E-state index is 10.9. The van der Waals surface area contributed by atoms with Crippen LogP contribution in [0.2, 0.25) is 5.02 Å². The number of hydrogen-bond donors (Lipinski definition) is 1. The van der Waals surface area contributed by atoms with Gasteiger partial charge in [-0.15, -0.1) is 0 Å². The average molecular weight is 255 g/mol. The first-order valence-corrected chi connectivity index (χ1v) is 5.06. The minimum absolute atomic E-state index is 0.187. The number of benzene rings is 1. The molecule has 0 bridgehead atoms. The first-order chi connectivity index (χ1) is 8.19. The lowest BCUT2D eigenvalue weighted by atomic mass is 10.3. The highest BCUT2D eigenvalue weighted by atomic mass is 35.5. The summed E-state index contributed by atoms with van der Waals surface area (Å²) in [6, 6.07) is 7.00. The summed E-state index contributed by atoms with van der Waals surface area (Å²) in [6.45, 7) is 0. The van der Waals surface area contributed by atoms with Gasteiger partial charge in [-0.2, -0.15) is 0 Å². The minimum Gasteiger partial charge on any atom is -0.453 e. The van der Waals surface area contributed by atoms with Crippen LogP contribution in [0.4, 0.5) is 10.7 Å². The van der Waals surface area contributed by atoms with E-state index in [2.05, 4.69) is 15.3 Å². The number of ether oxygens (including phenoxy) is 1. The molecule has 1 aromatic heterocycles. The predicted molar refractivity (Wildman–Crippen MR) is 59.1 cm³/mol. The highest BCUT2D eigenvalue weighted by molar-refractivity contribution is 6.30. The van der Waals surface area contributed by atoms with Gasteiger partial charge in [-0.3, -0.25) is 9.84 Å². The van der Waals surface area contributed by atoms with Gasteiger partial charge in [-0.1, -0.05) is 11.6 Å². The number of rotatable bonds is 2. The minimum atomic E-state index is -0.621. The Morgan fingerprint density at radius 1 is 1.47 bits per heavy atom. The fraction of sp³-hybridized carbons (Fsp3) is 0.100. The van der Waals surface area contributed by atoms with Crippen LogP contribution in [0.3, 0.4) is 0 Å². The largest absolute Gasteiger partial charge is 0.453 e. The van der Waals surface area contributed by atoms with Crippen molar-refractivity contribution in [2.24, 2.45) is 0 Å². The molecule has 1 N–H and O–H groups in total. The molecule has 1 amide bonds. The van der Waals surface area contributed by atoms with Gasteiger partial charge in [0.25, 0.3) is 6.20 Å². The third-order valence-electron chi connectivity index (χ3n) is 1.97. The zero-order valence-corrected chi connectivity index (χ0v) is 9.64. The van der Waals surface area contributed by atoms with E-state index in [0.717, 1.165) is 5.69 Å². The lowest BCUT2D eigenvalue weighted by Crippen LogP contribution is -2.31. The van der Waals surface area contributed by atoms with Crippen LogP contribution in [0.15, 0.2) is 35.0 Å². The fourth-order valence-corrected chi connectivity index (χ4v) is 1.29. The number of nitrogens with one attached hydrogen (secondary N) is 1. The average Bonchev–Trinajstić information content (AvgIpc) is 2.78. The zero-order chi connectivity index (χ0) is 12.3. The van der Waals surface area contributed by atoms with E-state index in [9.17, 15) is 4.79 Å². The van der Waals surface area contributed by atoms with Gasteiger partial charge >= 0.3 is 12.0 Å². The molecule has 1 aromatic carbocycles. The smallest absolute Gasteiger partial charge is 0.413 e. The second-order valence-electron chi connectivity index (χ2n) is 3.10. The van der Waals surface area contributed by atoms with Gasteiger partial charge in [0.05, 0.1) is 7.11 Å². The van der Waals surface area contributed by atoms with Crippen LogP contribution >= 0.6 is 11.6 Å². The predicted octanol–water partition coefficient (Wildman–Crippen LogP) is 1.78. The van der Waals surface area contributed by atoms with Crippen molar-refractivity contribution in [3.63, 3.8) is 0 Å². The molecule has 2 aromatic rings. The first-order valence-electron chi connectivity index (χ1n) is 4.68. The van der Waals surface area contributed by atoms with Gasteiger partial charge in [0.15, 0.2) is 0 Å². The summed E-state index contributed by atoms with van der Waals surface area (Å²) in [6.07, 6.45) is 0.893. The van der Waals surface area contributed by atoms with Crippen LogP contribution in [0.25, 0.3) is 5.69 Å². The number of hydrogen-bond acceptors (Lipinski definition) is 4. The molecule has 1 heterocycles. The Morgan fingerprint density at radius 2 is 2.18 bits per heavy atom. The normalized spacial score (nSPS) is 10.0. The van der Waals surface area contributed by atoms with Gasteiger partial charge in [0, 0.05) is 17.2 Å². The summed E-state index contributed by atoms with van der Waals surface area (Å²) in [5, 5.41) is 6.72. The fourth-order valence-electron chi connectivity index (χ4n) is 1.17. The number of carbonyl (C=O) groups is 1. The van der Waals surface area contributed by atoms with Crippen LogP contribution in [-0.2, 0) is 4.74 Å². The monoisotopic (exact) mass is 254 g/mol. The third-order valence-corrected chi connectivity index (χ3v) is 2.22. The Balaban J connectivity index is 2.18. The van der Waals surface area contributed by atoms with Crippen LogP contribution < -0.4 is 10.00 Å². The van der Waals surface area contributed by atoms with Crippen molar-refractivity contribution in [3.05, 3.63) is 35.5 Å². The molecule has 88 valence electrons. The summed E-state index contributed by atoms with van der Waals surface area (Å²) in [5.41, 5.74) is 0.760. The number of methoxy groups -OCH3 is 1. The van der Waals surface area contributed by atoms with E-state index in [0.29, 0.717) is 5.02 Å². The number of nitrogens with zero attached hydrogens (tertiary/aromatic N) is 2. The molecule has 0 radical (unpaired) electrons. The van der Waals surface area contributed by atoms with Crippen molar-refractivity contribution < 1.29 is 18.7 Å². The number of halogens is 1. The number of carbonyl (C=O) groups excluding carboxylic acids is 1. The maximum Gasteiger partial charge on any atom is 0.413 e. The first kappa shape index (κ1) is 11.4. The summed E-state index contributed by atoms with van der Waals surface area (Å²) in [5.74, 6) is 0.187. The Kier molecular flexibility index (Phi) is 3.24. The number of anilines is 1. The van der Waals surface area contributed by atoms with E-state index < -0.39 is 6.09 Å². The van der Waals surface area contributed by atoms with Crippen LogP contribution in [0.5, 0.6) is 0 Å². The summed E-state index contributed by atoms with van der Waals surface area (Å²) < 4.78 is 10.8. The lowest BCUT2D eigenvalue weighted by Gasteiger charge is -1.93. The summed E-state index contributed by atoms with van der Waals surface area (Å²) in [4.78, 5) is 10.9. The molecule has 0 unspecified atom stereocenters. The summed E-state index contributed by atoms with van der Waals surface area (Å²) >= 11 is 5.77. The lowest BCUT2D eigenvalue weighted by molar-refractivity contribution is -0.670. The Hall–Kier alpha value is -2.08. The van der Waals surface area contributed by atoms with E-state index >= 15 is 0 Å². The van der Waals surface area contributed by atoms with E-state index in [-0.39, 0.29) is 5.88 Å². The van der Waals surface area contributed by atoms with Crippen molar-refractivity contribution in [2.45, 2.75) is 0 Å². The third kappa shape index (κ3) is 2.73. The van der Waals surface area contributed by atoms with Crippen LogP contribution in [0.1, 0.15) is 0 Å². The zero-order valence-electron chi connectivity index (χ0n) is 8.88. The Morgan fingerprint density at radius 3 is 2.82 bits per heavy atom. The van der Waals surface area contributed by atoms with E-state index in [4.69, 9.17) is 16.1 Å². The van der Waals surface area contributed by atoms with Gasteiger partial charge < -0.3 is 4.74 Å². The van der Waals surface area contributed by atoms with Gasteiger partial charge in [-0.25, -0.2) is 4.79 Å². The van der Waals surface area contributed by atoms with Crippen molar-refractivity contribution in [1.82, 2.24) is 5.27 Å². The maximum atomic E-state index is 10.9. The highest BCUT2D eigenvalue weighted by Gasteiger charge is 2.16. The van der Waals surface area contributed by atoms with Crippen molar-refractivity contribution in [2.75, 3.05) is 12.4 Å². The van der Waals surface area contributed by atoms with Crippen molar-refractivity contribution in [1.29, 1.82) is 0 Å². The van der Waals surface area contributed by atoms with Crippen molar-refractivity contribution in [3.8, 4) is 5.69 Å². The quantitative estimate of drug-likeness (QED) is 0.830. The molecule has 0 atom stereocenters. The van der Waals surface area contributed by atoms with Gasteiger partial charge in [0.2, 0.25) is 11.0 Å². The SMILES string of the molecule is COC(=O)Nc1c[n+](-c2ccc(Cl)cc2)no1. The molecule has 0 saturated carbocycles. The molecule has 0 aliphatic carbocycles. The van der Waals surface area contributed by atoms with Crippen LogP contribution in [0, 0.1) is 0 Å². The van der Waals surface area contributed by atoms with E-state index in [1.54, 1.807) is 24.3 Å². The molecule has 0 aliphatic heterocycles. The Bertz CT molecular complexity index is 524. The second-order valence-corrected chi connectivity index (χ2v) is 3.54. The molecule has 6 nitrogen and oxygen atoms in total. The molecule has 7 heteroatoms. The van der Waals surface area contributed by atoms with E-state index in [1.165, 1.54) is 18.0 Å². The van der Waals surface area contributed by atoms with Gasteiger partial charge in [-0.05, 0) is 16.8 Å². The molecular formula is C10H9ClN3O3+. The van der Waals surface area contributed by atoms with E-state index in [1.807, 2.05) is 0 Å². The van der Waals surface area contributed by atoms with Crippen molar-refractivity contribution >= 4 is 23.6 Å². The Labute approximate surface area is 102 Å². The molecule has 17 heavy (non-hydrogen) atoms. The standard InChI is InChI=1S/C10H8ClN3O3/c1-16-10(15)12-9-6-14(13-17-9)8-4-2-7(11)3-5-8/h2-6H,1H3/p+1. The molecule has 2 rings (SSSR count). The molecular weight excluding hydrogens is 246 g/mol. The molecule has 0 spiro atoms. The molecule has 0 fully saturated rings. The second kappa shape index (κ2) is 4.84. The summed E-state index contributed by atoms with van der Waals surface area (Å²) in [7, 11) is 1.26. The molecule has 0 aliphatic rings. The topological polar surface area (TPSA) is 68.2 Å². The van der Waals surface area contributed by atoms with Gasteiger partial charge in [0.1, 0.15) is 0 Å². The highest BCUT2D eigenvalue weighted by Crippen LogP contribution is 2.10. The van der Waals surface area contributed by atoms with Crippen LogP contribution in [-0.4, -0.2) is 18.5 Å². The number of aromatic nitrogens is 2. The molecule has 0 saturated heterocycles. The number of amides is 1.